The highest BCUT2D eigenvalue weighted by Crippen LogP contribution is 2.47. The minimum Gasteiger partial charge on any atom is -0.378 e. The molecule has 27 heavy (non-hydrogen) atoms. The van der Waals surface area contributed by atoms with Gasteiger partial charge in [-0.1, -0.05) is 12.1 Å². The van der Waals surface area contributed by atoms with E-state index in [-0.39, 0.29) is 11.0 Å². The van der Waals surface area contributed by atoms with Crippen molar-refractivity contribution in [3.63, 3.8) is 0 Å². The van der Waals surface area contributed by atoms with Crippen LogP contribution in [-0.2, 0) is 16.7 Å². The summed E-state index contributed by atoms with van der Waals surface area (Å²) >= 11 is 1.89. The minimum absolute atomic E-state index is 0.00395. The van der Waals surface area contributed by atoms with Gasteiger partial charge in [0, 0.05) is 40.9 Å². The van der Waals surface area contributed by atoms with Gasteiger partial charge in [-0.3, -0.25) is 9.88 Å². The highest BCUT2D eigenvalue weighted by atomic mass is 32.1. The summed E-state index contributed by atoms with van der Waals surface area (Å²) in [5.41, 5.74) is 2.69. The van der Waals surface area contributed by atoms with Crippen molar-refractivity contribution in [2.45, 2.75) is 64.5 Å². The topological polar surface area (TPSA) is 25.4 Å². The zero-order valence-electron chi connectivity index (χ0n) is 16.9. The number of pyridine rings is 1. The first-order valence-electron chi connectivity index (χ1n) is 10.3. The number of ether oxygens (including phenoxy) is 1. The first-order valence-corrected chi connectivity index (χ1v) is 11.2. The van der Waals surface area contributed by atoms with E-state index in [1.54, 1.807) is 0 Å². The fourth-order valence-corrected chi connectivity index (χ4v) is 5.61. The summed E-state index contributed by atoms with van der Waals surface area (Å²) in [6, 6.07) is 8.84. The molecule has 0 radical (unpaired) electrons. The van der Waals surface area contributed by atoms with Crippen LogP contribution in [0.2, 0.25) is 0 Å². The number of hydrogen-bond acceptors (Lipinski definition) is 4. The van der Waals surface area contributed by atoms with Crippen molar-refractivity contribution >= 4 is 11.3 Å². The Hall–Kier alpha value is -1.23. The molecule has 0 aliphatic carbocycles. The second-order valence-electron chi connectivity index (χ2n) is 8.86. The molecule has 2 saturated heterocycles. The highest BCUT2D eigenvalue weighted by molar-refractivity contribution is 7.09. The van der Waals surface area contributed by atoms with Gasteiger partial charge in [0.05, 0.1) is 6.10 Å². The van der Waals surface area contributed by atoms with Crippen molar-refractivity contribution in [3.8, 4) is 0 Å². The minimum atomic E-state index is 0.00395. The van der Waals surface area contributed by atoms with Crippen LogP contribution >= 0.6 is 11.3 Å². The molecule has 2 aliphatic heterocycles. The molecule has 2 aliphatic rings. The average Bonchev–Trinajstić information content (AvgIpc) is 3.41. The van der Waals surface area contributed by atoms with E-state index >= 15 is 0 Å². The Labute approximate surface area is 167 Å². The lowest BCUT2D eigenvalue weighted by Crippen LogP contribution is -2.44. The smallest absolute Gasteiger partial charge is 0.0645 e. The van der Waals surface area contributed by atoms with Crippen LogP contribution in [0.1, 0.15) is 55.7 Å². The van der Waals surface area contributed by atoms with Gasteiger partial charge in [0.2, 0.25) is 0 Å². The molecule has 0 bridgehead atoms. The summed E-state index contributed by atoms with van der Waals surface area (Å²) in [6.45, 7) is 9.97. The van der Waals surface area contributed by atoms with E-state index in [0.717, 1.165) is 25.4 Å². The van der Waals surface area contributed by atoms with Gasteiger partial charge in [-0.15, -0.1) is 11.3 Å². The molecular weight excluding hydrogens is 352 g/mol. The molecular formula is C23H32N2OS. The Morgan fingerprint density at radius 3 is 2.89 bits per heavy atom. The summed E-state index contributed by atoms with van der Waals surface area (Å²) in [4.78, 5) is 8.73. The van der Waals surface area contributed by atoms with Gasteiger partial charge in [0.25, 0.3) is 0 Å². The van der Waals surface area contributed by atoms with Crippen LogP contribution < -0.4 is 0 Å². The largest absolute Gasteiger partial charge is 0.378 e. The summed E-state index contributed by atoms with van der Waals surface area (Å²) in [7, 11) is 0. The first kappa shape index (κ1) is 19.1. The summed E-state index contributed by atoms with van der Waals surface area (Å²) in [5.74, 6) is 0. The first-order chi connectivity index (χ1) is 13.0. The summed E-state index contributed by atoms with van der Waals surface area (Å²) in [6.07, 6.45) is 8.59. The van der Waals surface area contributed by atoms with Crippen LogP contribution in [-0.4, -0.2) is 35.7 Å². The Balaban J connectivity index is 1.54. The van der Waals surface area contributed by atoms with Crippen molar-refractivity contribution < 1.29 is 4.74 Å². The number of aryl methyl sites for hydroxylation is 2. The van der Waals surface area contributed by atoms with E-state index < -0.39 is 0 Å². The third-order valence-corrected chi connectivity index (χ3v) is 7.79. The van der Waals surface area contributed by atoms with Gasteiger partial charge in [-0.05, 0) is 82.5 Å². The molecule has 2 atom stereocenters. The van der Waals surface area contributed by atoms with Gasteiger partial charge >= 0.3 is 0 Å². The maximum Gasteiger partial charge on any atom is 0.0645 e. The van der Waals surface area contributed by atoms with E-state index in [4.69, 9.17) is 4.74 Å². The lowest BCUT2D eigenvalue weighted by atomic mass is 9.75. The zero-order valence-corrected chi connectivity index (χ0v) is 17.7. The lowest BCUT2D eigenvalue weighted by molar-refractivity contribution is -0.00823. The molecule has 2 fully saturated rings. The number of nitrogens with zero attached hydrogens (tertiary/aromatic N) is 2. The number of hydrogen-bond donors (Lipinski definition) is 0. The fourth-order valence-electron chi connectivity index (χ4n) is 4.90. The molecule has 2 aromatic rings. The second kappa shape index (κ2) is 7.65. The molecule has 146 valence electrons. The number of aromatic nitrogens is 1. The Bertz CT molecular complexity index is 734. The molecule has 3 nitrogen and oxygen atoms in total. The predicted molar refractivity (Wildman–Crippen MR) is 112 cm³/mol. The standard InChI is InChI=1S/C23H32N2OS/c1-18-8-9-19(16-24-18)22(2,3)25-13-12-23(17-25,21-7-4-14-26-21)11-10-20-6-5-15-27-20/h5-6,8-9,15-16,21H,4,7,10-14,17H2,1-3H3. The Kier molecular flexibility index (Phi) is 5.41. The van der Waals surface area contributed by atoms with Crippen molar-refractivity contribution in [1.29, 1.82) is 0 Å². The van der Waals surface area contributed by atoms with Crippen LogP contribution in [0.25, 0.3) is 0 Å². The molecule has 4 rings (SSSR count). The van der Waals surface area contributed by atoms with Gasteiger partial charge in [-0.25, -0.2) is 0 Å². The molecule has 0 N–H and O–H groups in total. The summed E-state index contributed by atoms with van der Waals surface area (Å²) < 4.78 is 6.26. The normalized spacial score (nSPS) is 26.7. The van der Waals surface area contributed by atoms with Crippen LogP contribution in [0.4, 0.5) is 0 Å². The van der Waals surface area contributed by atoms with E-state index in [0.29, 0.717) is 6.10 Å². The molecule has 0 spiro atoms. The third kappa shape index (κ3) is 3.85. The fraction of sp³-hybridized carbons (Fsp3) is 0.609. The van der Waals surface area contributed by atoms with Crippen molar-refractivity contribution in [2.75, 3.05) is 19.7 Å². The van der Waals surface area contributed by atoms with E-state index in [9.17, 15) is 0 Å². The zero-order chi connectivity index (χ0) is 18.9. The van der Waals surface area contributed by atoms with Gasteiger partial charge in [-0.2, -0.15) is 0 Å². The quantitative estimate of drug-likeness (QED) is 0.685. The average molecular weight is 385 g/mol. The van der Waals surface area contributed by atoms with Crippen molar-refractivity contribution in [2.24, 2.45) is 5.41 Å². The maximum absolute atomic E-state index is 6.26. The maximum atomic E-state index is 6.26. The highest BCUT2D eigenvalue weighted by Gasteiger charge is 2.49. The van der Waals surface area contributed by atoms with E-state index in [2.05, 4.69) is 66.5 Å². The van der Waals surface area contributed by atoms with Crippen LogP contribution in [0.3, 0.4) is 0 Å². The second-order valence-corrected chi connectivity index (χ2v) is 9.89. The Morgan fingerprint density at radius 1 is 1.33 bits per heavy atom. The molecule has 0 saturated carbocycles. The van der Waals surface area contributed by atoms with Crippen LogP contribution in [0.5, 0.6) is 0 Å². The molecule has 4 heterocycles. The van der Waals surface area contributed by atoms with Crippen LogP contribution in [0.15, 0.2) is 35.8 Å². The van der Waals surface area contributed by atoms with Crippen molar-refractivity contribution in [3.05, 3.63) is 52.0 Å². The van der Waals surface area contributed by atoms with E-state index in [1.165, 1.54) is 42.5 Å². The van der Waals surface area contributed by atoms with Gasteiger partial charge in [0.15, 0.2) is 0 Å². The Morgan fingerprint density at radius 2 is 2.22 bits per heavy atom. The monoisotopic (exact) mass is 384 g/mol. The van der Waals surface area contributed by atoms with Gasteiger partial charge < -0.3 is 4.74 Å². The molecule has 0 aromatic carbocycles. The number of thiophene rings is 1. The molecule has 2 aromatic heterocycles. The van der Waals surface area contributed by atoms with E-state index in [1.807, 2.05) is 11.3 Å². The third-order valence-electron chi connectivity index (χ3n) is 6.86. The predicted octanol–water partition coefficient (Wildman–Crippen LogP) is 5.19. The molecule has 2 unspecified atom stereocenters. The lowest BCUT2D eigenvalue weighted by Gasteiger charge is -2.40. The number of rotatable bonds is 6. The van der Waals surface area contributed by atoms with Gasteiger partial charge in [0.1, 0.15) is 0 Å². The molecule has 0 amide bonds. The van der Waals surface area contributed by atoms with Crippen LogP contribution in [0, 0.1) is 12.3 Å². The SMILES string of the molecule is Cc1ccc(C(C)(C)N2CCC(CCc3cccs3)(C3CCCO3)C2)cn1. The number of likely N-dealkylation sites (tertiary alicyclic amines) is 1. The van der Waals surface area contributed by atoms with Crippen molar-refractivity contribution in [1.82, 2.24) is 9.88 Å². The molecule has 4 heteroatoms. The summed E-state index contributed by atoms with van der Waals surface area (Å²) in [5, 5.41) is 2.20.